The summed E-state index contributed by atoms with van der Waals surface area (Å²) < 4.78 is 1.51. The number of fused-ring (bicyclic) bond motifs is 1. The molecule has 2 heterocycles. The lowest BCUT2D eigenvalue weighted by atomic mass is 10.2. The van der Waals surface area contributed by atoms with Crippen LogP contribution in [0.15, 0.2) is 58.5 Å². The molecule has 0 spiro atoms. The van der Waals surface area contributed by atoms with Crippen molar-refractivity contribution in [3.05, 3.63) is 63.9 Å². The molecule has 0 N–H and O–H groups in total. The van der Waals surface area contributed by atoms with Crippen molar-refractivity contribution < 1.29 is 4.79 Å². The Bertz CT molecular complexity index is 1060. The van der Waals surface area contributed by atoms with Crippen LogP contribution in [0.4, 0.5) is 0 Å². The van der Waals surface area contributed by atoms with E-state index in [4.69, 9.17) is 11.6 Å². The number of halogens is 1. The van der Waals surface area contributed by atoms with Crippen molar-refractivity contribution in [2.24, 2.45) is 0 Å². The van der Waals surface area contributed by atoms with Crippen LogP contribution >= 0.6 is 23.4 Å². The van der Waals surface area contributed by atoms with Gasteiger partial charge in [0.05, 0.1) is 27.4 Å². The van der Waals surface area contributed by atoms with E-state index in [-0.39, 0.29) is 17.2 Å². The number of amides is 1. The first-order valence-corrected chi connectivity index (χ1v) is 10.2. The zero-order chi connectivity index (χ0) is 18.8. The Morgan fingerprint density at radius 1 is 1.07 bits per heavy atom. The summed E-state index contributed by atoms with van der Waals surface area (Å²) in [6.07, 6.45) is 2.10. The molecule has 4 rings (SSSR count). The SMILES string of the molecule is O=C(CSc1nc2ccccc2c(=O)n1-c1ccccc1Cl)N1CCCC1. The average molecular weight is 400 g/mol. The highest BCUT2D eigenvalue weighted by Crippen LogP contribution is 2.26. The van der Waals surface area contributed by atoms with Crippen molar-refractivity contribution in [2.45, 2.75) is 18.0 Å². The molecule has 3 aromatic rings. The van der Waals surface area contributed by atoms with Gasteiger partial charge >= 0.3 is 0 Å². The number of para-hydroxylation sites is 2. The number of rotatable bonds is 4. The third kappa shape index (κ3) is 3.59. The number of benzene rings is 2. The second-order valence-corrected chi connectivity index (χ2v) is 7.73. The molecule has 1 aliphatic heterocycles. The zero-order valence-corrected chi connectivity index (χ0v) is 16.2. The van der Waals surface area contributed by atoms with E-state index in [1.165, 1.54) is 16.3 Å². The van der Waals surface area contributed by atoms with Gasteiger partial charge in [0.2, 0.25) is 5.91 Å². The van der Waals surface area contributed by atoms with Crippen molar-refractivity contribution in [1.82, 2.24) is 14.5 Å². The zero-order valence-electron chi connectivity index (χ0n) is 14.6. The maximum absolute atomic E-state index is 13.2. The highest BCUT2D eigenvalue weighted by atomic mass is 35.5. The van der Waals surface area contributed by atoms with Crippen LogP contribution in [0.1, 0.15) is 12.8 Å². The molecular formula is C20H18ClN3O2S. The maximum Gasteiger partial charge on any atom is 0.266 e. The van der Waals surface area contributed by atoms with Gasteiger partial charge in [-0.15, -0.1) is 0 Å². The molecule has 1 aromatic heterocycles. The maximum atomic E-state index is 13.2. The fourth-order valence-electron chi connectivity index (χ4n) is 3.24. The van der Waals surface area contributed by atoms with Crippen LogP contribution in [0, 0.1) is 0 Å². The number of hydrogen-bond donors (Lipinski definition) is 0. The highest BCUT2D eigenvalue weighted by molar-refractivity contribution is 7.99. The molecule has 1 amide bonds. The Labute approximate surface area is 166 Å². The summed E-state index contributed by atoms with van der Waals surface area (Å²) in [5.41, 5.74) is 0.991. The van der Waals surface area contributed by atoms with Gasteiger partial charge in [0, 0.05) is 13.1 Å². The first kappa shape index (κ1) is 18.1. The minimum atomic E-state index is -0.190. The van der Waals surface area contributed by atoms with Crippen LogP contribution in [0.3, 0.4) is 0 Å². The molecule has 0 atom stereocenters. The summed E-state index contributed by atoms with van der Waals surface area (Å²) in [5.74, 6) is 0.320. The number of hydrogen-bond acceptors (Lipinski definition) is 4. The molecule has 1 fully saturated rings. The van der Waals surface area contributed by atoms with Crippen LogP contribution in [0.25, 0.3) is 16.6 Å². The first-order valence-electron chi connectivity index (χ1n) is 8.82. The molecule has 1 saturated heterocycles. The number of carbonyl (C=O) groups excluding carboxylic acids is 1. The van der Waals surface area contributed by atoms with Crippen LogP contribution in [0.2, 0.25) is 5.02 Å². The van der Waals surface area contributed by atoms with Gasteiger partial charge < -0.3 is 4.90 Å². The smallest absolute Gasteiger partial charge is 0.266 e. The molecule has 7 heteroatoms. The minimum absolute atomic E-state index is 0.0746. The van der Waals surface area contributed by atoms with Gasteiger partial charge in [-0.3, -0.25) is 14.2 Å². The second kappa shape index (κ2) is 7.74. The Balaban J connectivity index is 1.78. The van der Waals surface area contributed by atoms with E-state index in [2.05, 4.69) is 4.98 Å². The Kier molecular flexibility index (Phi) is 5.18. The van der Waals surface area contributed by atoms with E-state index in [0.29, 0.717) is 26.8 Å². The number of nitrogens with zero attached hydrogens (tertiary/aromatic N) is 3. The number of likely N-dealkylation sites (tertiary alicyclic amines) is 1. The van der Waals surface area contributed by atoms with Gasteiger partial charge in [-0.2, -0.15) is 0 Å². The van der Waals surface area contributed by atoms with Gasteiger partial charge in [0.25, 0.3) is 5.56 Å². The standard InChI is InChI=1S/C20H18ClN3O2S/c21-15-8-2-4-10-17(15)24-19(26)14-7-1-3-9-16(14)22-20(24)27-13-18(25)23-11-5-6-12-23/h1-4,7-10H,5-6,11-13H2. The van der Waals surface area contributed by atoms with Crippen molar-refractivity contribution in [3.8, 4) is 5.69 Å². The summed E-state index contributed by atoms with van der Waals surface area (Å²) in [4.78, 5) is 32.1. The van der Waals surface area contributed by atoms with Crippen LogP contribution in [0.5, 0.6) is 0 Å². The summed E-state index contributed by atoms with van der Waals surface area (Å²) >= 11 is 7.62. The largest absolute Gasteiger partial charge is 0.342 e. The van der Waals surface area contributed by atoms with Crippen molar-refractivity contribution in [3.63, 3.8) is 0 Å². The lowest BCUT2D eigenvalue weighted by molar-refractivity contribution is -0.127. The highest BCUT2D eigenvalue weighted by Gasteiger charge is 2.20. The van der Waals surface area contributed by atoms with E-state index in [1.807, 2.05) is 29.2 Å². The van der Waals surface area contributed by atoms with Crippen LogP contribution in [-0.4, -0.2) is 39.2 Å². The van der Waals surface area contributed by atoms with Gasteiger partial charge in [-0.25, -0.2) is 4.98 Å². The van der Waals surface area contributed by atoms with Crippen LogP contribution < -0.4 is 5.56 Å². The summed E-state index contributed by atoms with van der Waals surface area (Å²) in [7, 11) is 0. The first-order chi connectivity index (χ1) is 13.1. The van der Waals surface area contributed by atoms with Gasteiger partial charge in [0.1, 0.15) is 0 Å². The molecule has 5 nitrogen and oxygen atoms in total. The molecule has 138 valence electrons. The topological polar surface area (TPSA) is 55.2 Å². The van der Waals surface area contributed by atoms with E-state index in [1.54, 1.807) is 24.3 Å². The Morgan fingerprint density at radius 3 is 2.56 bits per heavy atom. The van der Waals surface area contributed by atoms with Crippen molar-refractivity contribution >= 4 is 40.2 Å². The van der Waals surface area contributed by atoms with Gasteiger partial charge in [-0.05, 0) is 37.1 Å². The molecule has 0 aliphatic carbocycles. The number of carbonyl (C=O) groups is 1. The van der Waals surface area contributed by atoms with Gasteiger partial charge in [-0.1, -0.05) is 47.6 Å². The molecule has 27 heavy (non-hydrogen) atoms. The molecular weight excluding hydrogens is 382 g/mol. The summed E-state index contributed by atoms with van der Waals surface area (Å²) in [6, 6.07) is 14.4. The predicted molar refractivity (Wildman–Crippen MR) is 109 cm³/mol. The van der Waals surface area contributed by atoms with Crippen molar-refractivity contribution in [2.75, 3.05) is 18.8 Å². The molecule has 0 unspecified atom stereocenters. The van der Waals surface area contributed by atoms with E-state index >= 15 is 0 Å². The summed E-state index contributed by atoms with van der Waals surface area (Å²) in [5, 5.41) is 1.45. The molecule has 0 bridgehead atoms. The predicted octanol–water partition coefficient (Wildman–Crippen LogP) is 3.75. The van der Waals surface area contributed by atoms with Crippen molar-refractivity contribution in [1.29, 1.82) is 0 Å². The van der Waals surface area contributed by atoms with E-state index < -0.39 is 0 Å². The normalized spacial score (nSPS) is 14.0. The number of aromatic nitrogens is 2. The third-order valence-corrected chi connectivity index (χ3v) is 5.86. The lowest BCUT2D eigenvalue weighted by Crippen LogP contribution is -2.29. The molecule has 1 aliphatic rings. The molecule has 0 saturated carbocycles. The minimum Gasteiger partial charge on any atom is -0.342 e. The monoisotopic (exact) mass is 399 g/mol. The van der Waals surface area contributed by atoms with E-state index in [0.717, 1.165) is 25.9 Å². The lowest BCUT2D eigenvalue weighted by Gasteiger charge is -2.17. The van der Waals surface area contributed by atoms with E-state index in [9.17, 15) is 9.59 Å². The van der Waals surface area contributed by atoms with Crippen LogP contribution in [-0.2, 0) is 4.79 Å². The second-order valence-electron chi connectivity index (χ2n) is 6.38. The Morgan fingerprint density at radius 2 is 1.78 bits per heavy atom. The average Bonchev–Trinajstić information content (AvgIpc) is 3.22. The fraction of sp³-hybridized carbons (Fsp3) is 0.250. The molecule has 0 radical (unpaired) electrons. The number of thioether (sulfide) groups is 1. The summed E-state index contributed by atoms with van der Waals surface area (Å²) in [6.45, 7) is 1.61. The van der Waals surface area contributed by atoms with Gasteiger partial charge in [0.15, 0.2) is 5.16 Å². The Hall–Kier alpha value is -2.31. The third-order valence-electron chi connectivity index (χ3n) is 4.62. The molecule has 2 aromatic carbocycles. The quantitative estimate of drug-likeness (QED) is 0.495. The fourth-order valence-corrected chi connectivity index (χ4v) is 4.37.